The molecule has 7 heteroatoms. The lowest BCUT2D eigenvalue weighted by Gasteiger charge is -2.18. The van der Waals surface area contributed by atoms with Gasteiger partial charge in [0.1, 0.15) is 0 Å². The van der Waals surface area contributed by atoms with E-state index >= 15 is 0 Å². The molecule has 2 aromatic rings. The zero-order chi connectivity index (χ0) is 16.4. The van der Waals surface area contributed by atoms with E-state index in [4.69, 9.17) is 9.15 Å². The lowest BCUT2D eigenvalue weighted by molar-refractivity contribution is -0.114. The number of amides is 3. The average Bonchev–Trinajstić information content (AvgIpc) is 3.05. The van der Waals surface area contributed by atoms with Crippen LogP contribution in [-0.4, -0.2) is 24.8 Å². The second-order valence-corrected chi connectivity index (χ2v) is 4.74. The van der Waals surface area contributed by atoms with Crippen molar-refractivity contribution < 1.29 is 23.5 Å². The number of fused-ring (bicyclic) bond motifs is 1. The standard InChI is InChI=1S/C16H12N2O5/c1-22-8-12-11-7-9(17-16(21)13-3-2-6-23-13)4-5-10(11)14(19)18-15(12)20/h2-8H,1H3,(H,17,21)(H,18,19,20). The first-order valence-electron chi connectivity index (χ1n) is 6.68. The Kier molecular flexibility index (Phi) is 3.68. The Morgan fingerprint density at radius 2 is 2.04 bits per heavy atom. The number of nitrogens with one attached hydrogen (secondary N) is 2. The number of hydrogen-bond acceptors (Lipinski definition) is 5. The van der Waals surface area contributed by atoms with Crippen LogP contribution in [0.15, 0.2) is 47.3 Å². The van der Waals surface area contributed by atoms with Crippen LogP contribution < -0.4 is 10.6 Å². The van der Waals surface area contributed by atoms with Crippen LogP contribution in [0, 0.1) is 0 Å². The highest BCUT2D eigenvalue weighted by Crippen LogP contribution is 2.27. The fourth-order valence-corrected chi connectivity index (χ4v) is 2.24. The quantitative estimate of drug-likeness (QED) is 0.511. The van der Waals surface area contributed by atoms with Crippen LogP contribution in [0.4, 0.5) is 5.69 Å². The maximum absolute atomic E-state index is 12.0. The van der Waals surface area contributed by atoms with Crippen LogP contribution in [0.3, 0.4) is 0 Å². The molecule has 7 nitrogen and oxygen atoms in total. The molecule has 2 heterocycles. The van der Waals surface area contributed by atoms with Crippen molar-refractivity contribution in [2.24, 2.45) is 0 Å². The molecule has 0 saturated heterocycles. The summed E-state index contributed by atoms with van der Waals surface area (Å²) >= 11 is 0. The molecule has 3 rings (SSSR count). The van der Waals surface area contributed by atoms with Crippen molar-refractivity contribution in [1.82, 2.24) is 5.32 Å². The van der Waals surface area contributed by atoms with Gasteiger partial charge in [-0.3, -0.25) is 19.7 Å². The second kappa shape index (κ2) is 5.80. The molecule has 0 spiro atoms. The minimum atomic E-state index is -0.557. The van der Waals surface area contributed by atoms with Gasteiger partial charge in [-0.05, 0) is 30.3 Å². The summed E-state index contributed by atoms with van der Waals surface area (Å²) in [4.78, 5) is 35.7. The second-order valence-electron chi connectivity index (χ2n) is 4.74. The van der Waals surface area contributed by atoms with Gasteiger partial charge in [-0.1, -0.05) is 0 Å². The first-order valence-corrected chi connectivity index (χ1v) is 6.68. The van der Waals surface area contributed by atoms with Gasteiger partial charge in [-0.2, -0.15) is 0 Å². The highest BCUT2D eigenvalue weighted by molar-refractivity contribution is 6.31. The Morgan fingerprint density at radius 3 is 2.74 bits per heavy atom. The SMILES string of the molecule is COC=C1C(=O)NC(=O)c2ccc(NC(=O)c3ccco3)cc21. The lowest BCUT2D eigenvalue weighted by atomic mass is 9.95. The van der Waals surface area contributed by atoms with Crippen molar-refractivity contribution in [2.45, 2.75) is 0 Å². The molecule has 23 heavy (non-hydrogen) atoms. The fraction of sp³-hybridized carbons (Fsp3) is 0.0625. The number of ether oxygens (including phenoxy) is 1. The molecule has 0 bridgehead atoms. The van der Waals surface area contributed by atoms with Crippen molar-refractivity contribution in [3.05, 3.63) is 59.7 Å². The molecule has 0 saturated carbocycles. The van der Waals surface area contributed by atoms with Gasteiger partial charge in [0.25, 0.3) is 17.7 Å². The number of rotatable bonds is 3. The van der Waals surface area contributed by atoms with Gasteiger partial charge >= 0.3 is 0 Å². The number of methoxy groups -OCH3 is 1. The number of furan rings is 1. The van der Waals surface area contributed by atoms with Crippen LogP contribution in [0.2, 0.25) is 0 Å². The van der Waals surface area contributed by atoms with Crippen molar-refractivity contribution in [1.29, 1.82) is 0 Å². The molecule has 0 unspecified atom stereocenters. The minimum absolute atomic E-state index is 0.157. The van der Waals surface area contributed by atoms with E-state index in [1.807, 2.05) is 0 Å². The van der Waals surface area contributed by atoms with Crippen molar-refractivity contribution in [3.8, 4) is 0 Å². The van der Waals surface area contributed by atoms with E-state index in [9.17, 15) is 14.4 Å². The molecule has 3 amide bonds. The summed E-state index contributed by atoms with van der Waals surface area (Å²) in [6.45, 7) is 0. The molecular weight excluding hydrogens is 300 g/mol. The smallest absolute Gasteiger partial charge is 0.291 e. The molecule has 0 atom stereocenters. The summed E-state index contributed by atoms with van der Waals surface area (Å²) < 4.78 is 9.90. The van der Waals surface area contributed by atoms with E-state index in [0.717, 1.165) is 0 Å². The fourth-order valence-electron chi connectivity index (χ4n) is 2.24. The third-order valence-electron chi connectivity index (χ3n) is 3.26. The first kappa shape index (κ1) is 14.6. The zero-order valence-corrected chi connectivity index (χ0v) is 12.1. The Labute approximate surface area is 130 Å². The molecule has 1 aliphatic rings. The van der Waals surface area contributed by atoms with Crippen molar-refractivity contribution >= 4 is 29.0 Å². The maximum atomic E-state index is 12.0. The normalized spacial score (nSPS) is 15.1. The number of carbonyl (C=O) groups excluding carboxylic acids is 3. The highest BCUT2D eigenvalue weighted by Gasteiger charge is 2.28. The van der Waals surface area contributed by atoms with Crippen LogP contribution in [-0.2, 0) is 9.53 Å². The average molecular weight is 312 g/mol. The summed E-state index contributed by atoms with van der Waals surface area (Å²) in [6, 6.07) is 7.76. The molecule has 2 N–H and O–H groups in total. The molecule has 1 aromatic carbocycles. The predicted octanol–water partition coefficient (Wildman–Crippen LogP) is 1.79. The first-order chi connectivity index (χ1) is 11.1. The van der Waals surface area contributed by atoms with Gasteiger partial charge in [0, 0.05) is 16.8 Å². The third-order valence-corrected chi connectivity index (χ3v) is 3.26. The van der Waals surface area contributed by atoms with E-state index in [0.29, 0.717) is 16.8 Å². The van der Waals surface area contributed by atoms with Crippen molar-refractivity contribution in [3.63, 3.8) is 0 Å². The molecule has 0 aliphatic carbocycles. The summed E-state index contributed by atoms with van der Waals surface area (Å²) in [5.41, 5.74) is 1.34. The maximum Gasteiger partial charge on any atom is 0.291 e. The molecule has 1 aromatic heterocycles. The molecule has 1 aliphatic heterocycles. The Hall–Kier alpha value is -3.35. The lowest BCUT2D eigenvalue weighted by Crippen LogP contribution is -2.36. The summed E-state index contributed by atoms with van der Waals surface area (Å²) in [7, 11) is 1.40. The summed E-state index contributed by atoms with van der Waals surface area (Å²) in [6.07, 6.45) is 2.64. The number of imide groups is 1. The van der Waals surface area contributed by atoms with Gasteiger partial charge in [0.2, 0.25) is 0 Å². The number of anilines is 1. The van der Waals surface area contributed by atoms with E-state index < -0.39 is 17.7 Å². The van der Waals surface area contributed by atoms with Crippen molar-refractivity contribution in [2.75, 3.05) is 12.4 Å². The van der Waals surface area contributed by atoms with Crippen LogP contribution in [0.25, 0.3) is 5.57 Å². The zero-order valence-electron chi connectivity index (χ0n) is 12.1. The third kappa shape index (κ3) is 2.71. The Balaban J connectivity index is 1.97. The van der Waals surface area contributed by atoms with Gasteiger partial charge in [0.15, 0.2) is 5.76 Å². The van der Waals surface area contributed by atoms with Gasteiger partial charge in [0.05, 0.1) is 25.2 Å². The van der Waals surface area contributed by atoms with Crippen LogP contribution in [0.1, 0.15) is 26.5 Å². The minimum Gasteiger partial charge on any atom is -0.504 e. The van der Waals surface area contributed by atoms with E-state index in [1.165, 1.54) is 37.8 Å². The number of carbonyl (C=O) groups is 3. The predicted molar refractivity (Wildman–Crippen MR) is 80.6 cm³/mol. The molecule has 0 fully saturated rings. The van der Waals surface area contributed by atoms with E-state index in [-0.39, 0.29) is 11.3 Å². The topological polar surface area (TPSA) is 97.6 Å². The van der Waals surface area contributed by atoms with E-state index in [1.54, 1.807) is 12.1 Å². The van der Waals surface area contributed by atoms with Gasteiger partial charge in [-0.25, -0.2) is 0 Å². The summed E-state index contributed by atoms with van der Waals surface area (Å²) in [5, 5.41) is 4.87. The number of benzene rings is 1. The molecule has 0 radical (unpaired) electrons. The Bertz CT molecular complexity index is 821. The highest BCUT2D eigenvalue weighted by atomic mass is 16.5. The van der Waals surface area contributed by atoms with Gasteiger partial charge in [-0.15, -0.1) is 0 Å². The number of hydrogen-bond donors (Lipinski definition) is 2. The monoisotopic (exact) mass is 312 g/mol. The molecular formula is C16H12N2O5. The van der Waals surface area contributed by atoms with Gasteiger partial charge < -0.3 is 14.5 Å². The summed E-state index contributed by atoms with van der Waals surface area (Å²) in [5.74, 6) is -1.33. The van der Waals surface area contributed by atoms with E-state index in [2.05, 4.69) is 10.6 Å². The Morgan fingerprint density at radius 1 is 1.22 bits per heavy atom. The van der Waals surface area contributed by atoms with Crippen LogP contribution in [0.5, 0.6) is 0 Å². The molecule has 116 valence electrons. The van der Waals surface area contributed by atoms with Crippen LogP contribution >= 0.6 is 0 Å². The largest absolute Gasteiger partial charge is 0.504 e.